The molecule has 0 saturated heterocycles. The molecule has 0 aliphatic carbocycles. The fourth-order valence-electron chi connectivity index (χ4n) is 3.42. The zero-order valence-electron chi connectivity index (χ0n) is 17.5. The molecular formula is C24H18ClF5O3S. The van der Waals surface area contributed by atoms with Crippen LogP contribution in [0.2, 0.25) is 5.02 Å². The molecule has 0 bridgehead atoms. The van der Waals surface area contributed by atoms with E-state index < -0.39 is 40.3 Å². The molecule has 3 rings (SSSR count). The molecule has 0 aromatic heterocycles. The normalized spacial score (nSPS) is 13.4. The van der Waals surface area contributed by atoms with Gasteiger partial charge in [0.25, 0.3) is 0 Å². The lowest BCUT2D eigenvalue weighted by atomic mass is 9.91. The van der Waals surface area contributed by atoms with Gasteiger partial charge >= 0.3 is 12.1 Å². The van der Waals surface area contributed by atoms with Crippen molar-refractivity contribution < 1.29 is 36.6 Å². The maximum absolute atomic E-state index is 13.6. The lowest BCUT2D eigenvalue weighted by Crippen LogP contribution is -2.15. The van der Waals surface area contributed by atoms with Crippen LogP contribution in [0, 0.1) is 11.6 Å². The fraction of sp³-hybridized carbons (Fsp3) is 0.208. The first-order valence-electron chi connectivity index (χ1n) is 9.90. The Balaban J connectivity index is 2.17. The highest BCUT2D eigenvalue weighted by molar-refractivity contribution is 7.80. The molecule has 0 aliphatic heterocycles. The number of hydrogen-bond donors (Lipinski definition) is 2. The van der Waals surface area contributed by atoms with E-state index in [1.807, 2.05) is 0 Å². The lowest BCUT2D eigenvalue weighted by molar-refractivity contribution is -0.139. The van der Waals surface area contributed by atoms with Crippen LogP contribution < -0.4 is 4.74 Å². The Hall–Kier alpha value is -2.78. The molecule has 0 fully saturated rings. The van der Waals surface area contributed by atoms with Crippen LogP contribution in [-0.2, 0) is 11.0 Å². The van der Waals surface area contributed by atoms with Gasteiger partial charge in [-0.05, 0) is 52.6 Å². The van der Waals surface area contributed by atoms with Crippen LogP contribution in [0.4, 0.5) is 22.0 Å². The SMILES string of the molecule is CC(S)CC(C(=O)O)c1cc(Oc2cc(F)cc(F)c2)cc(-c2ccc(Cl)c(C(F)(F)F)c2)c1. The van der Waals surface area contributed by atoms with E-state index in [1.165, 1.54) is 24.3 Å². The van der Waals surface area contributed by atoms with Crippen LogP contribution in [-0.4, -0.2) is 16.3 Å². The molecule has 0 saturated carbocycles. The molecule has 0 spiro atoms. The van der Waals surface area contributed by atoms with Crippen molar-refractivity contribution in [2.75, 3.05) is 0 Å². The monoisotopic (exact) mass is 516 g/mol. The zero-order valence-corrected chi connectivity index (χ0v) is 19.2. The number of rotatable bonds is 7. The van der Waals surface area contributed by atoms with Gasteiger partial charge in [0, 0.05) is 18.2 Å². The smallest absolute Gasteiger partial charge is 0.417 e. The Morgan fingerprint density at radius 3 is 2.18 bits per heavy atom. The average molecular weight is 517 g/mol. The molecule has 0 radical (unpaired) electrons. The van der Waals surface area contributed by atoms with Crippen molar-refractivity contribution in [3.63, 3.8) is 0 Å². The van der Waals surface area contributed by atoms with Crippen molar-refractivity contribution in [2.24, 2.45) is 0 Å². The highest BCUT2D eigenvalue weighted by Gasteiger charge is 2.33. The largest absolute Gasteiger partial charge is 0.481 e. The van der Waals surface area contributed by atoms with Crippen molar-refractivity contribution in [3.8, 4) is 22.6 Å². The van der Waals surface area contributed by atoms with Crippen molar-refractivity contribution in [1.82, 2.24) is 0 Å². The second-order valence-electron chi connectivity index (χ2n) is 7.67. The van der Waals surface area contributed by atoms with Gasteiger partial charge in [0.05, 0.1) is 16.5 Å². The number of hydrogen-bond acceptors (Lipinski definition) is 3. The summed E-state index contributed by atoms with van der Waals surface area (Å²) in [4.78, 5) is 11.9. The van der Waals surface area contributed by atoms with Crippen LogP contribution in [0.15, 0.2) is 54.6 Å². The van der Waals surface area contributed by atoms with E-state index in [2.05, 4.69) is 12.6 Å². The van der Waals surface area contributed by atoms with E-state index in [1.54, 1.807) is 6.92 Å². The minimum atomic E-state index is -4.71. The van der Waals surface area contributed by atoms with Gasteiger partial charge < -0.3 is 9.84 Å². The van der Waals surface area contributed by atoms with Crippen LogP contribution in [0.1, 0.15) is 30.4 Å². The van der Waals surface area contributed by atoms with Crippen molar-refractivity contribution in [3.05, 3.63) is 82.4 Å². The number of ether oxygens (including phenoxy) is 1. The summed E-state index contributed by atoms with van der Waals surface area (Å²) in [5.41, 5.74) is -0.548. The van der Waals surface area contributed by atoms with Crippen molar-refractivity contribution in [2.45, 2.75) is 30.7 Å². The minimum absolute atomic E-state index is 0.0147. The highest BCUT2D eigenvalue weighted by atomic mass is 35.5. The number of thiol groups is 1. The molecule has 2 atom stereocenters. The Morgan fingerprint density at radius 2 is 1.62 bits per heavy atom. The Morgan fingerprint density at radius 1 is 1.00 bits per heavy atom. The van der Waals surface area contributed by atoms with E-state index in [-0.39, 0.29) is 39.9 Å². The van der Waals surface area contributed by atoms with Gasteiger partial charge in [-0.25, -0.2) is 8.78 Å². The van der Waals surface area contributed by atoms with Gasteiger partial charge in [-0.15, -0.1) is 0 Å². The number of carboxylic acid groups (broad SMARTS) is 1. The fourth-order valence-corrected chi connectivity index (χ4v) is 3.85. The number of aliphatic carboxylic acids is 1. The molecule has 0 heterocycles. The van der Waals surface area contributed by atoms with Gasteiger partial charge in [-0.2, -0.15) is 25.8 Å². The molecule has 0 amide bonds. The first kappa shape index (κ1) is 25.8. The van der Waals surface area contributed by atoms with Crippen molar-refractivity contribution in [1.29, 1.82) is 0 Å². The third-order valence-corrected chi connectivity index (χ3v) is 5.42. The standard InChI is InChI=1S/C24H18ClF5O3S/c1-12(34)4-20(23(31)32)15-5-14(13-2-3-22(25)21(8-13)24(28,29)30)6-18(7-15)33-19-10-16(26)9-17(27)11-19/h2-3,5-12,20,34H,4H2,1H3,(H,31,32). The van der Waals surface area contributed by atoms with E-state index in [0.29, 0.717) is 6.07 Å². The van der Waals surface area contributed by atoms with Gasteiger partial charge in [0.2, 0.25) is 0 Å². The number of alkyl halides is 3. The Kier molecular flexibility index (Phi) is 7.77. The molecule has 3 aromatic carbocycles. The molecule has 3 aromatic rings. The molecular weight excluding hydrogens is 499 g/mol. The van der Waals surface area contributed by atoms with Gasteiger partial charge in [0.15, 0.2) is 0 Å². The number of halogens is 6. The maximum atomic E-state index is 13.6. The first-order valence-corrected chi connectivity index (χ1v) is 10.8. The maximum Gasteiger partial charge on any atom is 0.417 e. The summed E-state index contributed by atoms with van der Waals surface area (Å²) in [6.07, 6.45) is -4.60. The quantitative estimate of drug-likeness (QED) is 0.247. The predicted molar refractivity (Wildman–Crippen MR) is 122 cm³/mol. The first-order chi connectivity index (χ1) is 15.8. The van der Waals surface area contributed by atoms with Gasteiger partial charge in [-0.1, -0.05) is 30.7 Å². The lowest BCUT2D eigenvalue weighted by Gasteiger charge is -2.18. The minimum Gasteiger partial charge on any atom is -0.481 e. The number of carbonyl (C=O) groups is 1. The molecule has 10 heteroatoms. The van der Waals surface area contributed by atoms with Gasteiger partial charge in [-0.3, -0.25) is 4.79 Å². The second-order valence-corrected chi connectivity index (χ2v) is 8.95. The second kappa shape index (κ2) is 10.2. The van der Waals surface area contributed by atoms with Crippen molar-refractivity contribution >= 4 is 30.2 Å². The van der Waals surface area contributed by atoms with E-state index >= 15 is 0 Å². The van der Waals surface area contributed by atoms with E-state index in [9.17, 15) is 31.9 Å². The summed E-state index contributed by atoms with van der Waals surface area (Å²) in [7, 11) is 0. The summed E-state index contributed by atoms with van der Waals surface area (Å²) >= 11 is 9.96. The van der Waals surface area contributed by atoms with E-state index in [0.717, 1.165) is 24.3 Å². The topological polar surface area (TPSA) is 46.5 Å². The summed E-state index contributed by atoms with van der Waals surface area (Å²) in [5, 5.41) is 8.94. The van der Waals surface area contributed by atoms with Crippen LogP contribution in [0.25, 0.3) is 11.1 Å². The molecule has 0 aliphatic rings. The predicted octanol–water partition coefficient (Wildman–Crippen LogP) is 7.97. The summed E-state index contributed by atoms with van der Waals surface area (Å²) in [6.45, 7) is 1.70. The number of benzene rings is 3. The third-order valence-electron chi connectivity index (χ3n) is 4.88. The zero-order chi connectivity index (χ0) is 25.2. The third kappa shape index (κ3) is 6.42. The summed E-state index contributed by atoms with van der Waals surface area (Å²) < 4.78 is 72.9. The van der Waals surface area contributed by atoms with Crippen LogP contribution >= 0.6 is 24.2 Å². The molecule has 2 unspecified atom stereocenters. The van der Waals surface area contributed by atoms with Gasteiger partial charge in [0.1, 0.15) is 23.1 Å². The van der Waals surface area contributed by atoms with Crippen LogP contribution in [0.3, 0.4) is 0 Å². The summed E-state index contributed by atoms with van der Waals surface area (Å²) in [6, 6.07) is 9.89. The Labute approximate surface area is 202 Å². The summed E-state index contributed by atoms with van der Waals surface area (Å²) in [5.74, 6) is -4.25. The molecule has 1 N–H and O–H groups in total. The average Bonchev–Trinajstić information content (AvgIpc) is 2.70. The van der Waals surface area contributed by atoms with E-state index in [4.69, 9.17) is 16.3 Å². The molecule has 34 heavy (non-hydrogen) atoms. The molecule has 180 valence electrons. The molecule has 3 nitrogen and oxygen atoms in total. The number of carboxylic acids is 1. The highest BCUT2D eigenvalue weighted by Crippen LogP contribution is 2.39. The Bertz CT molecular complexity index is 1190. The van der Waals surface area contributed by atoms with Crippen LogP contribution in [0.5, 0.6) is 11.5 Å².